The van der Waals surface area contributed by atoms with E-state index in [0.717, 1.165) is 27.9 Å². The maximum absolute atomic E-state index is 14.5. The number of sulfonamides is 1. The second-order valence-electron chi connectivity index (χ2n) is 10.9. The number of nitrogens with zero attached hydrogens (tertiary/aromatic N) is 2. The molecule has 0 spiro atoms. The van der Waals surface area contributed by atoms with Crippen molar-refractivity contribution in [2.75, 3.05) is 21.6 Å². The molecule has 0 fully saturated rings. The summed E-state index contributed by atoms with van der Waals surface area (Å²) >= 11 is 0. The van der Waals surface area contributed by atoms with Crippen LogP contribution in [-0.4, -0.2) is 21.4 Å². The van der Waals surface area contributed by atoms with Crippen LogP contribution in [0.4, 0.5) is 17.1 Å². The van der Waals surface area contributed by atoms with Crippen LogP contribution < -0.4 is 19.3 Å². The van der Waals surface area contributed by atoms with Crippen molar-refractivity contribution in [2.45, 2.75) is 31.5 Å². The van der Waals surface area contributed by atoms with Gasteiger partial charge >= 0.3 is 0 Å². The first-order valence-electron chi connectivity index (χ1n) is 14.3. The first kappa shape index (κ1) is 29.0. The first-order valence-corrected chi connectivity index (χ1v) is 15.8. The van der Waals surface area contributed by atoms with Crippen molar-refractivity contribution in [1.82, 2.24) is 0 Å². The molecule has 0 unspecified atom stereocenters. The fraction of sp³-hybridized carbons (Fsp3) is 0.139. The Morgan fingerprint density at radius 1 is 0.773 bits per heavy atom. The first-order chi connectivity index (χ1) is 21.2. The summed E-state index contributed by atoms with van der Waals surface area (Å²) in [5.74, 6) is 0.339. The molecule has 0 aliphatic carbocycles. The number of amides is 1. The number of aryl methyl sites for hydroxylation is 2. The van der Waals surface area contributed by atoms with Crippen molar-refractivity contribution < 1.29 is 17.9 Å². The predicted molar refractivity (Wildman–Crippen MR) is 175 cm³/mol. The van der Waals surface area contributed by atoms with Crippen molar-refractivity contribution in [3.8, 4) is 5.75 Å². The molecule has 1 N–H and O–H groups in total. The van der Waals surface area contributed by atoms with Crippen molar-refractivity contribution in [1.29, 1.82) is 0 Å². The summed E-state index contributed by atoms with van der Waals surface area (Å²) in [7, 11) is -2.46. The van der Waals surface area contributed by atoms with E-state index >= 15 is 0 Å². The number of carbonyl (C=O) groups is 1. The third-order valence-electron chi connectivity index (χ3n) is 7.77. The van der Waals surface area contributed by atoms with E-state index in [9.17, 15) is 13.2 Å². The lowest BCUT2D eigenvalue weighted by Crippen LogP contribution is -2.49. The minimum atomic E-state index is -4.01. The van der Waals surface area contributed by atoms with Crippen molar-refractivity contribution in [2.24, 2.45) is 0 Å². The Bertz CT molecular complexity index is 1910. The molecule has 1 amide bonds. The number of methoxy groups -OCH3 is 1. The van der Waals surface area contributed by atoms with Gasteiger partial charge in [0.15, 0.2) is 0 Å². The second-order valence-corrected chi connectivity index (χ2v) is 12.6. The van der Waals surface area contributed by atoms with E-state index in [1.807, 2.05) is 74.5 Å². The van der Waals surface area contributed by atoms with Crippen LogP contribution in [-0.2, 0) is 16.6 Å². The van der Waals surface area contributed by atoms with E-state index in [2.05, 4.69) is 27.8 Å². The largest absolute Gasteiger partial charge is 0.497 e. The van der Waals surface area contributed by atoms with Gasteiger partial charge in [0.1, 0.15) is 11.9 Å². The monoisotopic (exact) mass is 603 g/mol. The minimum Gasteiger partial charge on any atom is -0.497 e. The van der Waals surface area contributed by atoms with Crippen LogP contribution >= 0.6 is 0 Å². The van der Waals surface area contributed by atoms with E-state index < -0.39 is 16.2 Å². The minimum absolute atomic E-state index is 0.00191. The number of nitrogens with one attached hydrogen (secondary N) is 1. The lowest BCUT2D eigenvalue weighted by molar-refractivity contribution is 0.0968. The summed E-state index contributed by atoms with van der Waals surface area (Å²) < 4.78 is 34.9. The summed E-state index contributed by atoms with van der Waals surface area (Å²) in [6, 6.07) is 37.5. The average Bonchev–Trinajstić information content (AvgIpc) is 3.03. The van der Waals surface area contributed by atoms with Gasteiger partial charge in [-0.2, -0.15) is 0 Å². The maximum Gasteiger partial charge on any atom is 0.262 e. The molecular formula is C36H33N3O4S. The van der Waals surface area contributed by atoms with Gasteiger partial charge in [0, 0.05) is 17.9 Å². The Morgan fingerprint density at radius 3 is 2.18 bits per heavy atom. The molecule has 0 radical (unpaired) electrons. The summed E-state index contributed by atoms with van der Waals surface area (Å²) in [6.07, 6.45) is -0.474. The van der Waals surface area contributed by atoms with Crippen molar-refractivity contribution in [3.05, 3.63) is 149 Å². The highest BCUT2D eigenvalue weighted by molar-refractivity contribution is 7.92. The van der Waals surface area contributed by atoms with Crippen LogP contribution in [0, 0.1) is 13.8 Å². The van der Waals surface area contributed by atoms with Gasteiger partial charge in [-0.3, -0.25) is 14.4 Å². The van der Waals surface area contributed by atoms with Gasteiger partial charge in [-0.15, -0.1) is 0 Å². The van der Waals surface area contributed by atoms with Gasteiger partial charge in [0.2, 0.25) is 0 Å². The Balaban J connectivity index is 1.50. The Morgan fingerprint density at radius 2 is 1.50 bits per heavy atom. The normalized spacial score (nSPS) is 14.7. The van der Waals surface area contributed by atoms with Gasteiger partial charge in [0.05, 0.1) is 23.3 Å². The molecule has 8 heteroatoms. The van der Waals surface area contributed by atoms with Crippen molar-refractivity contribution >= 4 is 33.0 Å². The molecule has 0 saturated heterocycles. The Hall–Kier alpha value is -5.08. The molecule has 0 saturated carbocycles. The number of hydrogen-bond donors (Lipinski definition) is 1. The van der Waals surface area contributed by atoms with E-state index in [4.69, 9.17) is 4.74 Å². The fourth-order valence-corrected chi connectivity index (χ4v) is 6.65. The predicted octanol–water partition coefficient (Wildman–Crippen LogP) is 7.48. The molecule has 44 heavy (non-hydrogen) atoms. The number of rotatable bonds is 8. The molecule has 6 rings (SSSR count). The van der Waals surface area contributed by atoms with Crippen LogP contribution in [0.25, 0.3) is 0 Å². The van der Waals surface area contributed by atoms with Gasteiger partial charge in [-0.1, -0.05) is 77.9 Å². The maximum atomic E-state index is 14.5. The third-order valence-corrected chi connectivity index (χ3v) is 9.15. The number of benzene rings is 5. The van der Waals surface area contributed by atoms with Crippen LogP contribution in [0.3, 0.4) is 0 Å². The van der Waals surface area contributed by atoms with Crippen molar-refractivity contribution in [3.63, 3.8) is 0 Å². The van der Waals surface area contributed by atoms with Crippen LogP contribution in [0.2, 0.25) is 0 Å². The van der Waals surface area contributed by atoms with E-state index in [-0.39, 0.29) is 10.8 Å². The highest BCUT2D eigenvalue weighted by Gasteiger charge is 2.40. The number of carbonyl (C=O) groups excluding carboxylic acids is 1. The quantitative estimate of drug-likeness (QED) is 0.199. The van der Waals surface area contributed by atoms with Crippen LogP contribution in [0.1, 0.15) is 38.8 Å². The highest BCUT2D eigenvalue weighted by atomic mass is 32.2. The number of hydrogen-bond acceptors (Lipinski definition) is 5. The molecule has 5 aromatic carbocycles. The summed E-state index contributed by atoms with van der Waals surface area (Å²) in [6.45, 7) is 4.54. The summed E-state index contributed by atoms with van der Waals surface area (Å²) in [5.41, 5.74) is 6.26. The zero-order chi connectivity index (χ0) is 30.8. The number of anilines is 3. The molecule has 7 nitrogen and oxygen atoms in total. The topological polar surface area (TPSA) is 78.9 Å². The lowest BCUT2D eigenvalue weighted by atomic mass is 9.98. The number of ether oxygens (including phenoxy) is 1. The van der Waals surface area contributed by atoms with Gasteiger partial charge in [-0.25, -0.2) is 8.42 Å². The lowest BCUT2D eigenvalue weighted by Gasteiger charge is -2.46. The van der Waals surface area contributed by atoms with Gasteiger partial charge in [-0.05, 0) is 79.6 Å². The molecule has 5 aromatic rings. The molecule has 1 aliphatic heterocycles. The van der Waals surface area contributed by atoms with Gasteiger partial charge < -0.3 is 9.64 Å². The van der Waals surface area contributed by atoms with E-state index in [1.54, 1.807) is 48.4 Å². The van der Waals surface area contributed by atoms with Gasteiger partial charge in [0.25, 0.3) is 15.9 Å². The van der Waals surface area contributed by atoms with E-state index in [1.165, 1.54) is 6.07 Å². The Labute approximate surface area is 258 Å². The fourth-order valence-electron chi connectivity index (χ4n) is 5.56. The molecule has 1 aliphatic rings. The zero-order valence-corrected chi connectivity index (χ0v) is 25.6. The summed E-state index contributed by atoms with van der Waals surface area (Å²) in [4.78, 5) is 18.5. The number of fused-ring (bicyclic) bond motifs is 1. The standard InChI is InChI=1S/C36H33N3O4S/c1-25-12-16-30(17-13-25)39-35(28-11-7-8-26(2)22-28)38(24-27-9-5-4-6-10-27)34-21-20-32(23-33(34)36(39)40)44(41,42)37-29-14-18-31(43-3)19-15-29/h4-23,35,37H,24H2,1-3H3/t35-/m0/s1. The highest BCUT2D eigenvalue weighted by Crippen LogP contribution is 2.43. The van der Waals surface area contributed by atoms with Crippen LogP contribution in [0.5, 0.6) is 5.75 Å². The SMILES string of the molecule is COc1ccc(NS(=O)(=O)c2ccc3c(c2)C(=O)N(c2ccc(C)cc2)[C@@H](c2cccc(C)c2)N3Cc2ccccc2)cc1. The molecule has 0 bridgehead atoms. The molecule has 1 atom stereocenters. The summed E-state index contributed by atoms with van der Waals surface area (Å²) in [5, 5.41) is 0. The average molecular weight is 604 g/mol. The molecule has 0 aromatic heterocycles. The third kappa shape index (κ3) is 5.76. The molecular weight excluding hydrogens is 570 g/mol. The molecule has 222 valence electrons. The second kappa shape index (κ2) is 11.9. The molecule has 1 heterocycles. The van der Waals surface area contributed by atoms with Crippen LogP contribution in [0.15, 0.2) is 126 Å². The Kier molecular flexibility index (Phi) is 7.84. The zero-order valence-electron chi connectivity index (χ0n) is 24.8. The van der Waals surface area contributed by atoms with E-state index in [0.29, 0.717) is 29.2 Å². The smallest absolute Gasteiger partial charge is 0.262 e.